The fourth-order valence-corrected chi connectivity index (χ4v) is 1.59. The van der Waals surface area contributed by atoms with Crippen LogP contribution in [0.2, 0.25) is 0 Å². The molecular formula is C18H29N3O. The van der Waals surface area contributed by atoms with Crippen molar-refractivity contribution >= 4 is 12.0 Å². The van der Waals surface area contributed by atoms with E-state index in [1.54, 1.807) is 0 Å². The number of hydrogen-bond donors (Lipinski definition) is 1. The molecule has 4 nitrogen and oxygen atoms in total. The number of nitrogens with one attached hydrogen (secondary N) is 1. The highest BCUT2D eigenvalue weighted by Crippen LogP contribution is 2.11. The molecule has 0 amide bonds. The van der Waals surface area contributed by atoms with Gasteiger partial charge in [0.25, 0.3) is 0 Å². The maximum absolute atomic E-state index is 8.81. The molecule has 1 aromatic heterocycles. The summed E-state index contributed by atoms with van der Waals surface area (Å²) in [7, 11) is 1.93. The Labute approximate surface area is 134 Å². The minimum Gasteiger partial charge on any atom is -0.388 e. The lowest BCUT2D eigenvalue weighted by Gasteiger charge is -2.05. The van der Waals surface area contributed by atoms with Crippen LogP contribution in [0.4, 0.5) is 5.69 Å². The van der Waals surface area contributed by atoms with Crippen LogP contribution >= 0.6 is 0 Å². The van der Waals surface area contributed by atoms with Crippen molar-refractivity contribution in [2.24, 2.45) is 0 Å². The summed E-state index contributed by atoms with van der Waals surface area (Å²) in [5, 5.41) is 3.13. The molecule has 0 bridgehead atoms. The molecular weight excluding hydrogens is 274 g/mol. The van der Waals surface area contributed by atoms with E-state index in [9.17, 15) is 0 Å². The quantitative estimate of drug-likeness (QED) is 0.857. The third-order valence-electron chi connectivity index (χ3n) is 2.84. The molecule has 0 fully saturated rings. The molecule has 0 saturated heterocycles. The van der Waals surface area contributed by atoms with Gasteiger partial charge in [-0.15, -0.1) is 0 Å². The van der Waals surface area contributed by atoms with Crippen LogP contribution in [0, 0.1) is 6.92 Å². The molecule has 0 unspecified atom stereocenters. The van der Waals surface area contributed by atoms with Crippen LogP contribution in [0.3, 0.4) is 0 Å². The predicted octanol–water partition coefficient (Wildman–Crippen LogP) is 4.29. The molecule has 122 valence electrons. The zero-order chi connectivity index (χ0) is 16.8. The van der Waals surface area contributed by atoms with E-state index >= 15 is 0 Å². The molecule has 0 spiro atoms. The third-order valence-corrected chi connectivity index (χ3v) is 2.84. The van der Waals surface area contributed by atoms with Crippen LogP contribution in [-0.4, -0.2) is 22.9 Å². The molecule has 4 heteroatoms. The Hall–Kier alpha value is -2.10. The van der Waals surface area contributed by atoms with Gasteiger partial charge in [-0.1, -0.05) is 38.8 Å². The largest absolute Gasteiger partial charge is 0.388 e. The second-order valence-electron chi connectivity index (χ2n) is 4.87. The molecule has 0 atom stereocenters. The van der Waals surface area contributed by atoms with Gasteiger partial charge < -0.3 is 14.7 Å². The number of aryl methyl sites for hydroxylation is 1. The van der Waals surface area contributed by atoms with E-state index in [1.807, 2.05) is 26.5 Å². The minimum atomic E-state index is 0.750. The number of unbranched alkanes of at least 4 members (excludes halogenated alkanes) is 1. The van der Waals surface area contributed by atoms with Gasteiger partial charge in [0, 0.05) is 25.5 Å². The standard InChI is InChI=1S/C12H15N3.C4H10.C2H4O/c1-10-7-15(9-14-10)8-11-4-3-5-12(6-11)13-2;1-3-4-2;1-2-3/h3-7,9,13H,8H2,1-2H3;3-4H2,1-2H3;2H,1H3. The van der Waals surface area contributed by atoms with E-state index < -0.39 is 0 Å². The number of carbonyl (C=O) groups is 1. The number of carbonyl (C=O) groups excluding carboxylic acids is 1. The number of benzene rings is 1. The van der Waals surface area contributed by atoms with Crippen molar-refractivity contribution in [3.05, 3.63) is 48.0 Å². The van der Waals surface area contributed by atoms with Crippen LogP contribution < -0.4 is 5.32 Å². The summed E-state index contributed by atoms with van der Waals surface area (Å²) >= 11 is 0. The minimum absolute atomic E-state index is 0.750. The van der Waals surface area contributed by atoms with Crippen LogP contribution in [0.25, 0.3) is 0 Å². The van der Waals surface area contributed by atoms with Crippen molar-refractivity contribution in [1.29, 1.82) is 0 Å². The second-order valence-corrected chi connectivity index (χ2v) is 4.87. The first-order chi connectivity index (χ1) is 10.6. The Kier molecular flexibility index (Phi) is 11.4. The molecule has 0 aliphatic carbocycles. The number of hydrogen-bond acceptors (Lipinski definition) is 3. The number of imidazole rings is 1. The molecule has 1 heterocycles. The van der Waals surface area contributed by atoms with Gasteiger partial charge in [-0.3, -0.25) is 0 Å². The molecule has 2 rings (SSSR count). The highest BCUT2D eigenvalue weighted by atomic mass is 16.1. The van der Waals surface area contributed by atoms with Crippen LogP contribution in [0.15, 0.2) is 36.8 Å². The number of aromatic nitrogens is 2. The van der Waals surface area contributed by atoms with Gasteiger partial charge in [0.15, 0.2) is 0 Å². The summed E-state index contributed by atoms with van der Waals surface area (Å²) in [6.07, 6.45) is 7.30. The Bertz CT molecular complexity index is 519. The van der Waals surface area contributed by atoms with Crippen LogP contribution in [0.5, 0.6) is 0 Å². The van der Waals surface area contributed by atoms with E-state index in [-0.39, 0.29) is 0 Å². The Balaban J connectivity index is 0.000000537. The first-order valence-corrected chi connectivity index (χ1v) is 7.76. The monoisotopic (exact) mass is 303 g/mol. The molecule has 1 aromatic carbocycles. The molecule has 1 N–H and O–H groups in total. The molecule has 0 radical (unpaired) electrons. The van der Waals surface area contributed by atoms with Crippen molar-refractivity contribution in [2.45, 2.75) is 47.1 Å². The number of nitrogens with zero attached hydrogens (tertiary/aromatic N) is 2. The molecule has 0 aliphatic heterocycles. The zero-order valence-corrected chi connectivity index (χ0v) is 14.5. The summed E-state index contributed by atoms with van der Waals surface area (Å²) in [6, 6.07) is 8.39. The van der Waals surface area contributed by atoms with E-state index in [2.05, 4.69) is 53.0 Å². The highest BCUT2D eigenvalue weighted by molar-refractivity contribution is 5.45. The maximum Gasteiger partial charge on any atom is 0.116 e. The van der Waals surface area contributed by atoms with E-state index in [0.717, 1.165) is 24.2 Å². The Morgan fingerprint density at radius 2 is 1.91 bits per heavy atom. The summed E-state index contributed by atoms with van der Waals surface area (Å²) in [4.78, 5) is 13.0. The number of rotatable bonds is 4. The normalized spacial score (nSPS) is 8.95. The first kappa shape index (κ1) is 19.9. The van der Waals surface area contributed by atoms with Gasteiger partial charge in [-0.2, -0.15) is 0 Å². The van der Waals surface area contributed by atoms with Crippen molar-refractivity contribution in [1.82, 2.24) is 9.55 Å². The van der Waals surface area contributed by atoms with E-state index in [1.165, 1.54) is 25.3 Å². The summed E-state index contributed by atoms with van der Waals surface area (Å²) in [5.41, 5.74) is 3.48. The SMILES string of the molecule is CC=O.CCCC.CNc1cccc(Cn2cnc(C)c2)c1. The first-order valence-electron chi connectivity index (χ1n) is 7.76. The smallest absolute Gasteiger partial charge is 0.116 e. The summed E-state index contributed by atoms with van der Waals surface area (Å²) < 4.78 is 2.09. The Morgan fingerprint density at radius 1 is 1.27 bits per heavy atom. The Morgan fingerprint density at radius 3 is 2.36 bits per heavy atom. The van der Waals surface area contributed by atoms with Crippen molar-refractivity contribution in [3.63, 3.8) is 0 Å². The van der Waals surface area contributed by atoms with Gasteiger partial charge in [0.05, 0.1) is 12.0 Å². The average molecular weight is 303 g/mol. The summed E-state index contributed by atoms with van der Waals surface area (Å²) in [5.74, 6) is 0. The second kappa shape index (κ2) is 12.6. The molecule has 0 aliphatic rings. The van der Waals surface area contributed by atoms with E-state index in [4.69, 9.17) is 4.79 Å². The third kappa shape index (κ3) is 8.95. The molecule has 22 heavy (non-hydrogen) atoms. The van der Waals surface area contributed by atoms with Crippen molar-refractivity contribution in [2.75, 3.05) is 12.4 Å². The lowest BCUT2D eigenvalue weighted by Crippen LogP contribution is -1.97. The average Bonchev–Trinajstić information content (AvgIpc) is 2.93. The van der Waals surface area contributed by atoms with Gasteiger partial charge in [0.1, 0.15) is 6.29 Å². The highest BCUT2D eigenvalue weighted by Gasteiger charge is 1.97. The summed E-state index contributed by atoms with van der Waals surface area (Å²) in [6.45, 7) is 8.68. The molecule has 0 saturated carbocycles. The lowest BCUT2D eigenvalue weighted by atomic mass is 10.2. The van der Waals surface area contributed by atoms with Gasteiger partial charge in [-0.05, 0) is 31.5 Å². The number of aldehydes is 1. The van der Waals surface area contributed by atoms with Gasteiger partial charge in [-0.25, -0.2) is 4.98 Å². The topological polar surface area (TPSA) is 46.9 Å². The van der Waals surface area contributed by atoms with Crippen LogP contribution in [-0.2, 0) is 11.3 Å². The zero-order valence-electron chi connectivity index (χ0n) is 14.5. The fourth-order valence-electron chi connectivity index (χ4n) is 1.59. The van der Waals surface area contributed by atoms with Crippen LogP contribution in [0.1, 0.15) is 44.9 Å². The number of anilines is 1. The van der Waals surface area contributed by atoms with E-state index in [0.29, 0.717) is 0 Å². The van der Waals surface area contributed by atoms with Crippen molar-refractivity contribution in [3.8, 4) is 0 Å². The van der Waals surface area contributed by atoms with Crippen molar-refractivity contribution < 1.29 is 4.79 Å². The fraction of sp³-hybridized carbons (Fsp3) is 0.444. The predicted molar refractivity (Wildman–Crippen MR) is 94.4 cm³/mol. The molecule has 2 aromatic rings. The van der Waals surface area contributed by atoms with Gasteiger partial charge >= 0.3 is 0 Å². The maximum atomic E-state index is 8.81. The lowest BCUT2D eigenvalue weighted by molar-refractivity contribution is -0.106. The van der Waals surface area contributed by atoms with Gasteiger partial charge in [0.2, 0.25) is 0 Å².